The summed E-state index contributed by atoms with van der Waals surface area (Å²) in [5, 5.41) is 7.50. The molecule has 0 bridgehead atoms. The first-order chi connectivity index (χ1) is 12.6. The van der Waals surface area contributed by atoms with E-state index in [9.17, 15) is 9.59 Å². The molecule has 0 spiro atoms. The van der Waals surface area contributed by atoms with Crippen LogP contribution in [-0.4, -0.2) is 36.3 Å². The Balaban J connectivity index is 1.67. The zero-order chi connectivity index (χ0) is 18.8. The third-order valence-corrected chi connectivity index (χ3v) is 5.06. The minimum Gasteiger partial charge on any atom is -0.352 e. The van der Waals surface area contributed by atoms with E-state index in [1.807, 2.05) is 11.4 Å². The average Bonchev–Trinajstić information content (AvgIpc) is 3.20. The molecule has 0 fully saturated rings. The lowest BCUT2D eigenvalue weighted by molar-refractivity contribution is -0.121. The lowest BCUT2D eigenvalue weighted by atomic mass is 10.1. The van der Waals surface area contributed by atoms with Gasteiger partial charge in [-0.3, -0.25) is 14.5 Å². The van der Waals surface area contributed by atoms with Crippen LogP contribution in [0.1, 0.15) is 41.1 Å². The van der Waals surface area contributed by atoms with E-state index in [2.05, 4.69) is 53.6 Å². The Morgan fingerprint density at radius 1 is 1.00 bits per heavy atom. The third kappa shape index (κ3) is 6.61. The molecular weight excluding hydrogens is 346 g/mol. The Kier molecular flexibility index (Phi) is 8.31. The van der Waals surface area contributed by atoms with Crippen molar-refractivity contribution in [2.24, 2.45) is 0 Å². The number of benzene rings is 1. The number of rotatable bonds is 10. The van der Waals surface area contributed by atoms with Crippen molar-refractivity contribution >= 4 is 23.2 Å². The number of hydrogen-bond acceptors (Lipinski definition) is 4. The summed E-state index contributed by atoms with van der Waals surface area (Å²) in [5.74, 6) is -0.194. The Morgan fingerprint density at radius 2 is 1.69 bits per heavy atom. The monoisotopic (exact) mass is 373 g/mol. The van der Waals surface area contributed by atoms with Crippen LogP contribution in [-0.2, 0) is 17.9 Å². The molecule has 0 aliphatic heterocycles. The zero-order valence-corrected chi connectivity index (χ0v) is 16.3. The van der Waals surface area contributed by atoms with Crippen LogP contribution >= 0.6 is 11.3 Å². The van der Waals surface area contributed by atoms with Crippen LogP contribution in [0.15, 0.2) is 41.8 Å². The van der Waals surface area contributed by atoms with Gasteiger partial charge in [-0.2, -0.15) is 0 Å². The molecule has 2 rings (SSSR count). The number of amides is 2. The van der Waals surface area contributed by atoms with E-state index in [-0.39, 0.29) is 18.2 Å². The van der Waals surface area contributed by atoms with E-state index in [0.29, 0.717) is 18.0 Å². The molecule has 1 aromatic carbocycles. The van der Waals surface area contributed by atoms with Crippen LogP contribution in [0.2, 0.25) is 0 Å². The summed E-state index contributed by atoms with van der Waals surface area (Å²) in [6, 6.07) is 11.9. The number of hydrogen-bond donors (Lipinski definition) is 2. The molecule has 0 radical (unpaired) electrons. The SMILES string of the molecule is CCN(CC)Cc1ccc(CNC(=O)CCNC(=O)c2cccs2)cc1. The molecule has 0 saturated carbocycles. The maximum Gasteiger partial charge on any atom is 0.261 e. The van der Waals surface area contributed by atoms with Gasteiger partial charge in [-0.05, 0) is 35.7 Å². The second-order valence-corrected chi connectivity index (χ2v) is 6.99. The summed E-state index contributed by atoms with van der Waals surface area (Å²) in [6.45, 7) is 8.19. The number of carbonyl (C=O) groups is 2. The average molecular weight is 374 g/mol. The minimum atomic E-state index is -0.128. The van der Waals surface area contributed by atoms with Crippen LogP contribution < -0.4 is 10.6 Å². The summed E-state index contributed by atoms with van der Waals surface area (Å²) >= 11 is 1.39. The fourth-order valence-corrected chi connectivity index (χ4v) is 3.18. The second kappa shape index (κ2) is 10.7. The van der Waals surface area contributed by atoms with Crippen molar-refractivity contribution in [3.8, 4) is 0 Å². The van der Waals surface area contributed by atoms with Crippen molar-refractivity contribution in [2.75, 3.05) is 19.6 Å². The number of nitrogens with one attached hydrogen (secondary N) is 2. The summed E-state index contributed by atoms with van der Waals surface area (Å²) in [7, 11) is 0. The summed E-state index contributed by atoms with van der Waals surface area (Å²) in [6.07, 6.45) is 0.275. The van der Waals surface area contributed by atoms with E-state index >= 15 is 0 Å². The molecule has 0 saturated heterocycles. The molecule has 26 heavy (non-hydrogen) atoms. The van der Waals surface area contributed by atoms with Crippen LogP contribution in [0.3, 0.4) is 0 Å². The highest BCUT2D eigenvalue weighted by molar-refractivity contribution is 7.12. The molecular formula is C20H27N3O2S. The van der Waals surface area contributed by atoms with E-state index in [1.54, 1.807) is 6.07 Å². The van der Waals surface area contributed by atoms with Crippen molar-refractivity contribution < 1.29 is 9.59 Å². The molecule has 140 valence electrons. The zero-order valence-electron chi connectivity index (χ0n) is 15.5. The Labute approximate surface area is 159 Å². The molecule has 2 N–H and O–H groups in total. The van der Waals surface area contributed by atoms with Crippen molar-refractivity contribution in [1.29, 1.82) is 0 Å². The van der Waals surface area contributed by atoms with E-state index < -0.39 is 0 Å². The highest BCUT2D eigenvalue weighted by atomic mass is 32.1. The molecule has 0 unspecified atom stereocenters. The van der Waals surface area contributed by atoms with Gasteiger partial charge in [0.1, 0.15) is 0 Å². The number of nitrogens with zero attached hydrogens (tertiary/aromatic N) is 1. The molecule has 0 aliphatic rings. The van der Waals surface area contributed by atoms with E-state index in [1.165, 1.54) is 16.9 Å². The third-order valence-electron chi connectivity index (χ3n) is 4.20. The van der Waals surface area contributed by atoms with Gasteiger partial charge >= 0.3 is 0 Å². The number of thiophene rings is 1. The van der Waals surface area contributed by atoms with E-state index in [0.717, 1.165) is 25.2 Å². The second-order valence-electron chi connectivity index (χ2n) is 6.04. The standard InChI is InChI=1S/C20H27N3O2S/c1-3-23(4-2)15-17-9-7-16(8-10-17)14-22-19(24)11-12-21-20(25)18-6-5-13-26-18/h5-10,13H,3-4,11-12,14-15H2,1-2H3,(H,21,25)(H,22,24). The van der Waals surface area contributed by atoms with Crippen LogP contribution in [0.4, 0.5) is 0 Å². The van der Waals surface area contributed by atoms with Gasteiger partial charge in [0.25, 0.3) is 5.91 Å². The van der Waals surface area contributed by atoms with Crippen molar-refractivity contribution in [3.05, 3.63) is 57.8 Å². The molecule has 5 nitrogen and oxygen atoms in total. The molecule has 1 aromatic heterocycles. The van der Waals surface area contributed by atoms with Gasteiger partial charge in [0.05, 0.1) is 4.88 Å². The van der Waals surface area contributed by atoms with Crippen LogP contribution in [0.25, 0.3) is 0 Å². The fourth-order valence-electron chi connectivity index (χ4n) is 2.54. The molecule has 6 heteroatoms. The minimum absolute atomic E-state index is 0.0660. The molecule has 0 aliphatic carbocycles. The van der Waals surface area contributed by atoms with Gasteiger partial charge in [-0.25, -0.2) is 0 Å². The molecule has 0 atom stereocenters. The highest BCUT2D eigenvalue weighted by Gasteiger charge is 2.07. The Hall–Kier alpha value is -2.18. The lowest BCUT2D eigenvalue weighted by Crippen LogP contribution is -2.30. The quantitative estimate of drug-likeness (QED) is 0.673. The van der Waals surface area contributed by atoms with Gasteiger partial charge in [0.2, 0.25) is 5.91 Å². The highest BCUT2D eigenvalue weighted by Crippen LogP contribution is 2.08. The predicted molar refractivity (Wildman–Crippen MR) is 106 cm³/mol. The molecule has 2 aromatic rings. The van der Waals surface area contributed by atoms with Gasteiger partial charge in [0, 0.05) is 26.1 Å². The van der Waals surface area contributed by atoms with Crippen LogP contribution in [0, 0.1) is 0 Å². The largest absolute Gasteiger partial charge is 0.352 e. The van der Waals surface area contributed by atoms with Crippen molar-refractivity contribution in [3.63, 3.8) is 0 Å². The van der Waals surface area contributed by atoms with Crippen molar-refractivity contribution in [1.82, 2.24) is 15.5 Å². The Morgan fingerprint density at radius 3 is 2.31 bits per heavy atom. The fraction of sp³-hybridized carbons (Fsp3) is 0.400. The van der Waals surface area contributed by atoms with Gasteiger partial charge < -0.3 is 10.6 Å². The molecule has 2 amide bonds. The normalized spacial score (nSPS) is 10.7. The Bertz CT molecular complexity index is 680. The first-order valence-electron chi connectivity index (χ1n) is 9.01. The summed E-state index contributed by atoms with van der Waals surface area (Å²) in [5.41, 5.74) is 2.35. The summed E-state index contributed by atoms with van der Waals surface area (Å²) < 4.78 is 0. The van der Waals surface area contributed by atoms with Gasteiger partial charge in [-0.15, -0.1) is 11.3 Å². The van der Waals surface area contributed by atoms with Crippen LogP contribution in [0.5, 0.6) is 0 Å². The first kappa shape index (κ1) is 20.1. The van der Waals surface area contributed by atoms with Gasteiger partial charge in [0.15, 0.2) is 0 Å². The number of carbonyl (C=O) groups excluding carboxylic acids is 2. The molecule has 1 heterocycles. The predicted octanol–water partition coefficient (Wildman–Crippen LogP) is 3.03. The topological polar surface area (TPSA) is 61.4 Å². The smallest absolute Gasteiger partial charge is 0.261 e. The first-order valence-corrected chi connectivity index (χ1v) is 9.89. The maximum atomic E-state index is 11.9. The van der Waals surface area contributed by atoms with Gasteiger partial charge in [-0.1, -0.05) is 44.2 Å². The summed E-state index contributed by atoms with van der Waals surface area (Å²) in [4.78, 5) is 26.7. The maximum absolute atomic E-state index is 11.9. The van der Waals surface area contributed by atoms with E-state index in [4.69, 9.17) is 0 Å². The lowest BCUT2D eigenvalue weighted by Gasteiger charge is -2.18. The van der Waals surface area contributed by atoms with Crippen molar-refractivity contribution in [2.45, 2.75) is 33.4 Å².